The number of carbonyl (C=O) groups is 1. The lowest BCUT2D eigenvalue weighted by atomic mass is 10.2. The van der Waals surface area contributed by atoms with Gasteiger partial charge in [0.25, 0.3) is 5.91 Å². The maximum absolute atomic E-state index is 12.3. The number of benzene rings is 1. The highest BCUT2D eigenvalue weighted by atomic mass is 16.5. The summed E-state index contributed by atoms with van der Waals surface area (Å²) in [5.41, 5.74) is 2.83. The number of aromatic nitrogens is 3. The normalized spacial score (nSPS) is 10.6. The molecule has 0 fully saturated rings. The third kappa shape index (κ3) is 3.93. The van der Waals surface area contributed by atoms with Gasteiger partial charge in [0.1, 0.15) is 18.0 Å². The van der Waals surface area contributed by atoms with Crippen molar-refractivity contribution in [2.45, 2.75) is 6.61 Å². The summed E-state index contributed by atoms with van der Waals surface area (Å²) in [5, 5.41) is 2.79. The summed E-state index contributed by atoms with van der Waals surface area (Å²) < 4.78 is 12.7. The number of hydrogen-bond donors (Lipinski definition) is 1. The first kappa shape index (κ1) is 17.5. The quantitative estimate of drug-likeness (QED) is 0.558. The second-order valence-corrected chi connectivity index (χ2v) is 6.05. The smallest absolute Gasteiger partial charge is 0.255 e. The fourth-order valence-electron chi connectivity index (χ4n) is 2.69. The van der Waals surface area contributed by atoms with Crippen molar-refractivity contribution in [3.05, 3.63) is 84.4 Å². The van der Waals surface area contributed by atoms with Gasteiger partial charge in [0.2, 0.25) is 5.88 Å². The molecule has 4 aromatic rings. The average Bonchev–Trinajstić information content (AvgIpc) is 3.16. The molecule has 3 heterocycles. The Labute approximate surface area is 161 Å². The molecule has 0 saturated heterocycles. The predicted molar refractivity (Wildman–Crippen MR) is 105 cm³/mol. The molecule has 0 spiro atoms. The van der Waals surface area contributed by atoms with Crippen molar-refractivity contribution in [1.29, 1.82) is 0 Å². The van der Waals surface area contributed by atoms with E-state index in [1.807, 2.05) is 35.0 Å². The van der Waals surface area contributed by atoms with E-state index in [2.05, 4.69) is 15.3 Å². The van der Waals surface area contributed by atoms with Gasteiger partial charge < -0.3 is 19.2 Å². The van der Waals surface area contributed by atoms with Crippen LogP contribution in [0.1, 0.15) is 16.1 Å². The van der Waals surface area contributed by atoms with Gasteiger partial charge in [-0.2, -0.15) is 0 Å². The number of rotatable bonds is 6. The first-order valence-electron chi connectivity index (χ1n) is 8.68. The van der Waals surface area contributed by atoms with Crippen LogP contribution in [-0.2, 0) is 6.61 Å². The Morgan fingerprint density at radius 2 is 1.96 bits per heavy atom. The lowest BCUT2D eigenvalue weighted by molar-refractivity contribution is 0.102. The van der Waals surface area contributed by atoms with Crippen molar-refractivity contribution < 1.29 is 14.3 Å². The van der Waals surface area contributed by atoms with E-state index in [9.17, 15) is 4.79 Å². The van der Waals surface area contributed by atoms with E-state index in [4.69, 9.17) is 9.47 Å². The van der Waals surface area contributed by atoms with Crippen molar-refractivity contribution in [1.82, 2.24) is 14.4 Å². The molecule has 0 radical (unpaired) electrons. The third-order valence-electron chi connectivity index (χ3n) is 4.12. The van der Waals surface area contributed by atoms with Crippen LogP contribution >= 0.6 is 0 Å². The van der Waals surface area contributed by atoms with E-state index in [1.165, 1.54) is 0 Å². The number of methoxy groups -OCH3 is 1. The van der Waals surface area contributed by atoms with Crippen LogP contribution in [0.4, 0.5) is 5.69 Å². The number of pyridine rings is 2. The van der Waals surface area contributed by atoms with Crippen LogP contribution in [0.15, 0.2) is 73.2 Å². The fraction of sp³-hybridized carbons (Fsp3) is 0.0952. The number of nitrogens with zero attached hydrogens (tertiary/aromatic N) is 3. The fourth-order valence-corrected chi connectivity index (χ4v) is 2.69. The lowest BCUT2D eigenvalue weighted by Gasteiger charge is -2.07. The number of anilines is 1. The number of carbonyl (C=O) groups excluding carboxylic acids is 1. The van der Waals surface area contributed by atoms with Crippen LogP contribution in [0.3, 0.4) is 0 Å². The maximum atomic E-state index is 12.3. The van der Waals surface area contributed by atoms with Crippen molar-refractivity contribution in [2.24, 2.45) is 0 Å². The van der Waals surface area contributed by atoms with Gasteiger partial charge in [0, 0.05) is 24.0 Å². The van der Waals surface area contributed by atoms with Crippen LogP contribution in [0.5, 0.6) is 11.6 Å². The summed E-state index contributed by atoms with van der Waals surface area (Å²) in [6.45, 7) is 0.352. The maximum Gasteiger partial charge on any atom is 0.255 e. The summed E-state index contributed by atoms with van der Waals surface area (Å²) in [5.74, 6) is 0.934. The summed E-state index contributed by atoms with van der Waals surface area (Å²) in [7, 11) is 1.54. The van der Waals surface area contributed by atoms with Gasteiger partial charge in [-0.25, -0.2) is 9.97 Å². The third-order valence-corrected chi connectivity index (χ3v) is 4.12. The molecule has 7 nitrogen and oxygen atoms in total. The van der Waals surface area contributed by atoms with Crippen molar-refractivity contribution >= 4 is 17.2 Å². The Bertz CT molecular complexity index is 1060. The minimum Gasteiger partial charge on any atom is -0.487 e. The Morgan fingerprint density at radius 3 is 2.68 bits per heavy atom. The molecule has 0 atom stereocenters. The van der Waals surface area contributed by atoms with Gasteiger partial charge >= 0.3 is 0 Å². The SMILES string of the molecule is COc1ccc(NC(=O)c2ccc(OCc3cn4ccccc4n3)cc2)cn1. The molecule has 0 bridgehead atoms. The monoisotopic (exact) mass is 374 g/mol. The summed E-state index contributed by atoms with van der Waals surface area (Å²) in [4.78, 5) is 20.9. The summed E-state index contributed by atoms with van der Waals surface area (Å²) >= 11 is 0. The second kappa shape index (κ2) is 7.79. The van der Waals surface area contributed by atoms with E-state index < -0.39 is 0 Å². The average molecular weight is 374 g/mol. The van der Waals surface area contributed by atoms with E-state index in [0.29, 0.717) is 29.5 Å². The zero-order valence-corrected chi connectivity index (χ0v) is 15.2. The van der Waals surface area contributed by atoms with Crippen LogP contribution in [0, 0.1) is 0 Å². The molecule has 0 aliphatic rings. The molecular formula is C21H18N4O3. The molecule has 0 aliphatic heterocycles. The molecular weight excluding hydrogens is 356 g/mol. The zero-order chi connectivity index (χ0) is 19.3. The van der Waals surface area contributed by atoms with Crippen LogP contribution in [0.25, 0.3) is 5.65 Å². The first-order valence-corrected chi connectivity index (χ1v) is 8.68. The number of imidazole rings is 1. The Kier molecular flexibility index (Phi) is 4.88. The van der Waals surface area contributed by atoms with Crippen LogP contribution < -0.4 is 14.8 Å². The van der Waals surface area contributed by atoms with Crippen molar-refractivity contribution in [3.8, 4) is 11.6 Å². The lowest BCUT2D eigenvalue weighted by Crippen LogP contribution is -2.12. The number of nitrogens with one attached hydrogen (secondary N) is 1. The van der Waals surface area contributed by atoms with E-state index in [-0.39, 0.29) is 5.91 Å². The molecule has 28 heavy (non-hydrogen) atoms. The standard InChI is InChI=1S/C21H18N4O3/c1-27-20-10-7-16(12-22-20)24-21(26)15-5-8-18(9-6-15)28-14-17-13-25-11-3-2-4-19(25)23-17/h2-13H,14H2,1H3,(H,24,26). The van der Waals surface area contributed by atoms with Gasteiger partial charge in [-0.15, -0.1) is 0 Å². The second-order valence-electron chi connectivity index (χ2n) is 6.05. The highest BCUT2D eigenvalue weighted by Crippen LogP contribution is 2.17. The highest BCUT2D eigenvalue weighted by molar-refractivity contribution is 6.04. The molecule has 0 saturated carbocycles. The minimum absolute atomic E-state index is 0.223. The molecule has 0 unspecified atom stereocenters. The molecule has 140 valence electrons. The molecule has 4 rings (SSSR count). The van der Waals surface area contributed by atoms with E-state index in [0.717, 1.165) is 11.3 Å². The Hall–Kier alpha value is -3.87. The van der Waals surface area contributed by atoms with Crippen LogP contribution in [0.2, 0.25) is 0 Å². The molecule has 1 N–H and O–H groups in total. The van der Waals surface area contributed by atoms with Gasteiger partial charge in [-0.1, -0.05) is 6.07 Å². The molecule has 1 aromatic carbocycles. The highest BCUT2D eigenvalue weighted by Gasteiger charge is 2.08. The number of amides is 1. The summed E-state index contributed by atoms with van der Waals surface area (Å²) in [6, 6.07) is 16.2. The van der Waals surface area contributed by atoms with Gasteiger partial charge in [0.05, 0.1) is 24.7 Å². The molecule has 0 aliphatic carbocycles. The summed E-state index contributed by atoms with van der Waals surface area (Å²) in [6.07, 6.45) is 5.42. The van der Waals surface area contributed by atoms with Crippen molar-refractivity contribution in [2.75, 3.05) is 12.4 Å². The molecule has 3 aromatic heterocycles. The van der Waals surface area contributed by atoms with Crippen molar-refractivity contribution in [3.63, 3.8) is 0 Å². The number of ether oxygens (including phenoxy) is 2. The van der Waals surface area contributed by atoms with Crippen LogP contribution in [-0.4, -0.2) is 27.4 Å². The molecule has 7 heteroatoms. The number of fused-ring (bicyclic) bond motifs is 1. The molecule has 1 amide bonds. The van der Waals surface area contributed by atoms with Gasteiger partial charge in [-0.05, 0) is 42.5 Å². The van der Waals surface area contributed by atoms with Gasteiger partial charge in [-0.3, -0.25) is 4.79 Å². The first-order chi connectivity index (χ1) is 13.7. The number of hydrogen-bond acceptors (Lipinski definition) is 5. The minimum atomic E-state index is -0.223. The zero-order valence-electron chi connectivity index (χ0n) is 15.2. The topological polar surface area (TPSA) is 77.8 Å². The Balaban J connectivity index is 1.36. The van der Waals surface area contributed by atoms with E-state index >= 15 is 0 Å². The predicted octanol–water partition coefficient (Wildman–Crippen LogP) is 3.57. The van der Waals surface area contributed by atoms with E-state index in [1.54, 1.807) is 49.7 Å². The Morgan fingerprint density at radius 1 is 1.11 bits per heavy atom. The van der Waals surface area contributed by atoms with Gasteiger partial charge in [0.15, 0.2) is 0 Å². The largest absolute Gasteiger partial charge is 0.487 e.